The zero-order chi connectivity index (χ0) is 20.9. The molecule has 1 heterocycles. The van der Waals surface area contributed by atoms with Crippen molar-refractivity contribution in [1.82, 2.24) is 10.6 Å². The molecule has 0 aromatic heterocycles. The fourth-order valence-corrected chi connectivity index (χ4v) is 2.36. The van der Waals surface area contributed by atoms with Crippen molar-refractivity contribution in [2.45, 2.75) is 44.3 Å². The first-order chi connectivity index (χ1) is 13.1. The Hall–Kier alpha value is -2.69. The molecule has 1 saturated heterocycles. The van der Waals surface area contributed by atoms with E-state index in [9.17, 15) is 31.9 Å². The lowest BCUT2D eigenvalue weighted by molar-refractivity contribution is -0.151. The second kappa shape index (κ2) is 9.00. The monoisotopic (exact) mass is 406 g/mol. The van der Waals surface area contributed by atoms with Gasteiger partial charge >= 0.3 is 12.1 Å². The molecule has 0 radical (unpaired) electrons. The van der Waals surface area contributed by atoms with Crippen LogP contribution in [0, 0.1) is 5.82 Å². The summed E-state index contributed by atoms with van der Waals surface area (Å²) in [6.45, 7) is 1.22. The Balaban J connectivity index is 1.97. The molecule has 7 nitrogen and oxygen atoms in total. The molecule has 1 aliphatic heterocycles. The molecule has 1 aromatic rings. The van der Waals surface area contributed by atoms with Gasteiger partial charge in [-0.05, 0) is 13.0 Å². The summed E-state index contributed by atoms with van der Waals surface area (Å²) in [4.78, 5) is 35.6. The Labute approximate surface area is 157 Å². The Bertz CT molecular complexity index is 741. The molecule has 154 valence electrons. The van der Waals surface area contributed by atoms with Crippen molar-refractivity contribution in [2.75, 3.05) is 6.61 Å². The van der Waals surface area contributed by atoms with Gasteiger partial charge in [-0.1, -0.05) is 18.2 Å². The van der Waals surface area contributed by atoms with E-state index < -0.39 is 54.4 Å². The van der Waals surface area contributed by atoms with Gasteiger partial charge in [-0.2, -0.15) is 13.2 Å². The zero-order valence-electron chi connectivity index (χ0n) is 14.7. The normalized spacial score (nSPS) is 19.5. The van der Waals surface area contributed by atoms with Crippen LogP contribution in [0.15, 0.2) is 24.3 Å². The summed E-state index contributed by atoms with van der Waals surface area (Å²) in [6, 6.07) is 3.44. The number of amides is 2. The van der Waals surface area contributed by atoms with Crippen LogP contribution in [0.1, 0.15) is 18.9 Å². The van der Waals surface area contributed by atoms with E-state index in [-0.39, 0.29) is 18.7 Å². The number of rotatable bonds is 8. The third kappa shape index (κ3) is 6.19. The Morgan fingerprint density at radius 1 is 1.21 bits per heavy atom. The second-order valence-corrected chi connectivity index (χ2v) is 5.92. The fourth-order valence-electron chi connectivity index (χ4n) is 2.36. The molecule has 1 fully saturated rings. The fraction of sp³-hybridized carbons (Fsp3) is 0.471. The van der Waals surface area contributed by atoms with Crippen molar-refractivity contribution in [3.8, 4) is 0 Å². The molecule has 0 spiro atoms. The van der Waals surface area contributed by atoms with Crippen LogP contribution in [0.4, 0.5) is 17.6 Å². The topological polar surface area (TPSA) is 97.0 Å². The maximum atomic E-state index is 13.6. The van der Waals surface area contributed by atoms with Crippen LogP contribution >= 0.6 is 0 Å². The summed E-state index contributed by atoms with van der Waals surface area (Å²) in [5, 5.41) is 4.07. The summed E-state index contributed by atoms with van der Waals surface area (Å²) in [6.07, 6.45) is -8.93. The smallest absolute Gasteiger partial charge is 0.391 e. The van der Waals surface area contributed by atoms with E-state index in [0.29, 0.717) is 0 Å². The van der Waals surface area contributed by atoms with Gasteiger partial charge in [0.15, 0.2) is 12.2 Å². The molecule has 3 atom stereocenters. The van der Waals surface area contributed by atoms with Crippen molar-refractivity contribution in [3.05, 3.63) is 35.6 Å². The first-order valence-corrected chi connectivity index (χ1v) is 8.32. The lowest BCUT2D eigenvalue weighted by Crippen LogP contribution is -2.50. The van der Waals surface area contributed by atoms with Gasteiger partial charge in [-0.3, -0.25) is 9.59 Å². The van der Waals surface area contributed by atoms with Crippen molar-refractivity contribution in [3.63, 3.8) is 0 Å². The number of carbonyl (C=O) groups excluding carboxylic acids is 3. The first-order valence-electron chi connectivity index (χ1n) is 8.32. The van der Waals surface area contributed by atoms with Crippen LogP contribution in [0.25, 0.3) is 0 Å². The number of alkyl halides is 3. The van der Waals surface area contributed by atoms with Crippen molar-refractivity contribution < 1.29 is 41.4 Å². The molecule has 0 bridgehead atoms. The van der Waals surface area contributed by atoms with Gasteiger partial charge in [0.25, 0.3) is 5.91 Å². The molecule has 2 rings (SSSR count). The summed E-state index contributed by atoms with van der Waals surface area (Å²) >= 11 is 0. The molecule has 2 N–H and O–H groups in total. The van der Waals surface area contributed by atoms with E-state index in [0.717, 1.165) is 6.07 Å². The molecule has 28 heavy (non-hydrogen) atoms. The number of esters is 1. The molecule has 1 aromatic carbocycles. The average molecular weight is 406 g/mol. The van der Waals surface area contributed by atoms with Crippen molar-refractivity contribution in [2.24, 2.45) is 0 Å². The average Bonchev–Trinajstić information content (AvgIpc) is 3.40. The van der Waals surface area contributed by atoms with Crippen LogP contribution in [-0.4, -0.2) is 48.8 Å². The molecule has 0 unspecified atom stereocenters. The molecule has 0 aliphatic carbocycles. The van der Waals surface area contributed by atoms with E-state index in [4.69, 9.17) is 4.74 Å². The molecule has 11 heteroatoms. The van der Waals surface area contributed by atoms with E-state index in [1.807, 2.05) is 5.32 Å². The summed E-state index contributed by atoms with van der Waals surface area (Å²) in [7, 11) is 0. The first kappa shape index (κ1) is 21.6. The maximum Gasteiger partial charge on any atom is 0.391 e. The van der Waals surface area contributed by atoms with Crippen molar-refractivity contribution >= 4 is 17.8 Å². The number of hydrogen-bond donors (Lipinski definition) is 2. The molecule has 1 aliphatic rings. The number of carbonyl (C=O) groups is 3. The molecular formula is C17H18F4N2O5. The number of ether oxygens (including phenoxy) is 2. The van der Waals surface area contributed by atoms with Gasteiger partial charge in [0.2, 0.25) is 5.91 Å². The van der Waals surface area contributed by atoms with Gasteiger partial charge in [0.1, 0.15) is 11.9 Å². The summed E-state index contributed by atoms with van der Waals surface area (Å²) in [5.41, 5.74) is 0.0702. The maximum absolute atomic E-state index is 13.6. The largest absolute Gasteiger partial charge is 0.464 e. The highest BCUT2D eigenvalue weighted by Crippen LogP contribution is 2.25. The minimum absolute atomic E-state index is 0.0438. The van der Waals surface area contributed by atoms with Crippen LogP contribution in [0.5, 0.6) is 0 Å². The predicted molar refractivity (Wildman–Crippen MR) is 86.1 cm³/mol. The summed E-state index contributed by atoms with van der Waals surface area (Å²) in [5.74, 6) is -3.66. The minimum Gasteiger partial charge on any atom is -0.464 e. The molecule has 2 amide bonds. The van der Waals surface area contributed by atoms with Gasteiger partial charge in [-0.15, -0.1) is 0 Å². The number of hydrogen-bond acceptors (Lipinski definition) is 5. The number of halogens is 4. The third-order valence-electron chi connectivity index (χ3n) is 3.75. The van der Waals surface area contributed by atoms with Gasteiger partial charge in [0, 0.05) is 12.1 Å². The van der Waals surface area contributed by atoms with Crippen LogP contribution in [0.2, 0.25) is 0 Å². The van der Waals surface area contributed by atoms with Crippen molar-refractivity contribution in [1.29, 1.82) is 0 Å². The zero-order valence-corrected chi connectivity index (χ0v) is 14.7. The lowest BCUT2D eigenvalue weighted by Gasteiger charge is -2.19. The Morgan fingerprint density at radius 2 is 1.89 bits per heavy atom. The highest BCUT2D eigenvalue weighted by atomic mass is 19.4. The third-order valence-corrected chi connectivity index (χ3v) is 3.75. The SMILES string of the molecule is CCOC(=O)[C@H]1O[C@@H]1C(=O)N[C@@H](CC(F)(F)F)C(=O)NCc1ccccc1F. The predicted octanol–water partition coefficient (Wildman–Crippen LogP) is 1.21. The Kier molecular flexibility index (Phi) is 6.95. The quantitative estimate of drug-likeness (QED) is 0.384. The van der Waals surface area contributed by atoms with Crippen LogP contribution in [0.3, 0.4) is 0 Å². The Morgan fingerprint density at radius 3 is 2.50 bits per heavy atom. The second-order valence-electron chi connectivity index (χ2n) is 5.92. The number of epoxide rings is 1. The number of benzene rings is 1. The highest BCUT2D eigenvalue weighted by molar-refractivity contribution is 5.95. The lowest BCUT2D eigenvalue weighted by atomic mass is 10.1. The van der Waals surface area contributed by atoms with Gasteiger partial charge < -0.3 is 20.1 Å². The van der Waals surface area contributed by atoms with E-state index >= 15 is 0 Å². The summed E-state index contributed by atoms with van der Waals surface area (Å²) < 4.78 is 61.3. The standard InChI is InChI=1S/C17H18F4N2O5/c1-2-27-16(26)13-12(28-13)15(25)23-11(7-17(19,20)21)14(24)22-8-9-5-3-4-6-10(9)18/h3-6,11-13H,2,7-8H2,1H3,(H,22,24)(H,23,25)/t11-,12-,13-/m0/s1. The van der Waals surface area contributed by atoms with Gasteiger partial charge in [-0.25, -0.2) is 9.18 Å². The molecular weight excluding hydrogens is 388 g/mol. The number of nitrogens with one attached hydrogen (secondary N) is 2. The van der Waals surface area contributed by atoms with Crippen LogP contribution in [-0.2, 0) is 30.4 Å². The minimum atomic E-state index is -4.75. The van der Waals surface area contributed by atoms with Gasteiger partial charge in [0.05, 0.1) is 13.0 Å². The van der Waals surface area contributed by atoms with Crippen LogP contribution < -0.4 is 10.6 Å². The molecule has 0 saturated carbocycles. The highest BCUT2D eigenvalue weighted by Gasteiger charge is 2.52. The van der Waals surface area contributed by atoms with E-state index in [1.54, 1.807) is 0 Å². The van der Waals surface area contributed by atoms with E-state index in [1.165, 1.54) is 25.1 Å². The van der Waals surface area contributed by atoms with E-state index in [2.05, 4.69) is 10.1 Å².